The standard InChI is InChI=1S/C58H36N4/c1-4-17-38(18-5-1)57-58(39-19-6-2-7-20-39)60-50-33-40(28-30-49(50)59-57)42-32-41-21-11-12-24-44(41)53(34-42)62-51-27-15-14-26-46(51)47-35-48-55(36-54(47)62)61(43-22-8-3-9-23-43)52-31-29-37-16-10-13-25-45(37)56(48)52/h1-36H. The summed E-state index contributed by atoms with van der Waals surface area (Å²) >= 11 is 0. The third-order valence-electron chi connectivity index (χ3n) is 12.6. The Morgan fingerprint density at radius 1 is 0.290 bits per heavy atom. The van der Waals surface area contributed by atoms with Crippen LogP contribution in [0.15, 0.2) is 218 Å². The second kappa shape index (κ2) is 13.6. The average Bonchev–Trinajstić information content (AvgIpc) is 3.85. The topological polar surface area (TPSA) is 35.6 Å². The van der Waals surface area contributed by atoms with Crippen LogP contribution in [0.5, 0.6) is 0 Å². The van der Waals surface area contributed by atoms with E-state index < -0.39 is 0 Å². The summed E-state index contributed by atoms with van der Waals surface area (Å²) in [4.78, 5) is 10.6. The van der Waals surface area contributed by atoms with Crippen LogP contribution in [0.1, 0.15) is 0 Å². The average molecular weight is 789 g/mol. The predicted octanol–water partition coefficient (Wildman–Crippen LogP) is 15.1. The molecule has 0 aliphatic heterocycles. The lowest BCUT2D eigenvalue weighted by Gasteiger charge is -2.15. The zero-order valence-electron chi connectivity index (χ0n) is 33.6. The number of benzene rings is 10. The second-order valence-corrected chi connectivity index (χ2v) is 16.2. The van der Waals surface area contributed by atoms with Gasteiger partial charge in [0.05, 0.1) is 50.2 Å². The van der Waals surface area contributed by atoms with Crippen LogP contribution in [0.25, 0.3) is 121 Å². The van der Waals surface area contributed by atoms with E-state index in [1.807, 2.05) is 12.1 Å². The van der Waals surface area contributed by atoms with Gasteiger partial charge in [-0.25, -0.2) is 9.97 Å². The number of nitrogens with zero attached hydrogens (tertiary/aromatic N) is 4. The van der Waals surface area contributed by atoms with Crippen molar-refractivity contribution in [1.82, 2.24) is 19.1 Å². The molecule has 0 bridgehead atoms. The lowest BCUT2D eigenvalue weighted by molar-refractivity contribution is 1.17. The van der Waals surface area contributed by atoms with Crippen LogP contribution in [0.3, 0.4) is 0 Å². The number of para-hydroxylation sites is 2. The Bertz CT molecular complexity index is 3900. The van der Waals surface area contributed by atoms with Crippen LogP contribution in [0.2, 0.25) is 0 Å². The molecule has 4 heteroatoms. The van der Waals surface area contributed by atoms with E-state index in [9.17, 15) is 0 Å². The van der Waals surface area contributed by atoms with Gasteiger partial charge in [0.1, 0.15) is 0 Å². The van der Waals surface area contributed by atoms with Gasteiger partial charge in [-0.05, 0) is 87.9 Å². The molecular formula is C58H36N4. The van der Waals surface area contributed by atoms with Crippen molar-refractivity contribution in [2.24, 2.45) is 0 Å². The Kier molecular flexibility index (Phi) is 7.57. The minimum atomic E-state index is 0.858. The molecule has 0 spiro atoms. The highest BCUT2D eigenvalue weighted by Crippen LogP contribution is 2.43. The van der Waals surface area contributed by atoms with Crippen molar-refractivity contribution >= 4 is 76.2 Å². The molecule has 13 aromatic rings. The number of hydrogen-bond acceptors (Lipinski definition) is 2. The first kappa shape index (κ1) is 34.5. The summed E-state index contributed by atoms with van der Waals surface area (Å²) in [7, 11) is 0. The highest BCUT2D eigenvalue weighted by Gasteiger charge is 2.21. The molecule has 0 amide bonds. The summed E-state index contributed by atoms with van der Waals surface area (Å²) in [5, 5.41) is 9.84. The lowest BCUT2D eigenvalue weighted by atomic mass is 9.98. The van der Waals surface area contributed by atoms with E-state index in [1.165, 1.54) is 59.6 Å². The Morgan fingerprint density at radius 3 is 1.66 bits per heavy atom. The van der Waals surface area contributed by atoms with Gasteiger partial charge in [-0.2, -0.15) is 0 Å². The van der Waals surface area contributed by atoms with Crippen molar-refractivity contribution in [3.05, 3.63) is 218 Å². The molecular weight excluding hydrogens is 753 g/mol. The van der Waals surface area contributed by atoms with Crippen molar-refractivity contribution < 1.29 is 0 Å². The normalized spacial score (nSPS) is 11.9. The Morgan fingerprint density at radius 2 is 0.903 bits per heavy atom. The zero-order valence-corrected chi connectivity index (χ0v) is 33.6. The molecule has 10 aromatic carbocycles. The van der Waals surface area contributed by atoms with Crippen LogP contribution in [0, 0.1) is 0 Å². The molecule has 0 radical (unpaired) electrons. The molecule has 62 heavy (non-hydrogen) atoms. The third kappa shape index (κ3) is 5.27. The van der Waals surface area contributed by atoms with Crippen LogP contribution in [0.4, 0.5) is 0 Å². The monoisotopic (exact) mass is 788 g/mol. The van der Waals surface area contributed by atoms with Crippen molar-refractivity contribution in [2.45, 2.75) is 0 Å². The van der Waals surface area contributed by atoms with Crippen molar-refractivity contribution in [2.75, 3.05) is 0 Å². The summed E-state index contributed by atoms with van der Waals surface area (Å²) in [5.41, 5.74) is 14.7. The molecule has 0 unspecified atom stereocenters. The minimum Gasteiger partial charge on any atom is -0.309 e. The molecule has 288 valence electrons. The maximum Gasteiger partial charge on any atom is 0.0973 e. The van der Waals surface area contributed by atoms with E-state index in [4.69, 9.17) is 9.97 Å². The molecule has 3 heterocycles. The number of fused-ring (bicyclic) bond motifs is 10. The van der Waals surface area contributed by atoms with Gasteiger partial charge in [0.25, 0.3) is 0 Å². The zero-order chi connectivity index (χ0) is 40.7. The van der Waals surface area contributed by atoms with Gasteiger partial charge in [-0.15, -0.1) is 0 Å². The maximum atomic E-state index is 5.35. The van der Waals surface area contributed by atoms with Crippen molar-refractivity contribution in [3.63, 3.8) is 0 Å². The SMILES string of the molecule is c1ccc(-c2nc3ccc(-c4cc(-n5c6ccccc6c6cc7c8c9ccccc9ccc8n(-c8ccccc8)c7cc65)c5ccccc5c4)cc3nc2-c2ccccc2)cc1. The molecule has 0 aliphatic carbocycles. The fourth-order valence-corrected chi connectivity index (χ4v) is 9.83. The molecule has 4 nitrogen and oxygen atoms in total. The van der Waals surface area contributed by atoms with Gasteiger partial charge >= 0.3 is 0 Å². The van der Waals surface area contributed by atoms with Gasteiger partial charge < -0.3 is 9.13 Å². The molecule has 0 atom stereocenters. The second-order valence-electron chi connectivity index (χ2n) is 16.2. The maximum absolute atomic E-state index is 5.35. The number of rotatable bonds is 5. The third-order valence-corrected chi connectivity index (χ3v) is 12.6. The van der Waals surface area contributed by atoms with Gasteiger partial charge in [0.15, 0.2) is 0 Å². The molecule has 0 saturated carbocycles. The van der Waals surface area contributed by atoms with Crippen LogP contribution >= 0.6 is 0 Å². The Labute approximate surface area is 357 Å². The largest absolute Gasteiger partial charge is 0.309 e. The van der Waals surface area contributed by atoms with Crippen molar-refractivity contribution in [3.8, 4) is 45.0 Å². The lowest BCUT2D eigenvalue weighted by Crippen LogP contribution is -1.98. The quantitative estimate of drug-likeness (QED) is 0.174. The fraction of sp³-hybridized carbons (Fsp3) is 0. The number of aromatic nitrogens is 4. The van der Waals surface area contributed by atoms with Gasteiger partial charge in [-0.3, -0.25) is 0 Å². The van der Waals surface area contributed by atoms with Crippen LogP contribution in [-0.2, 0) is 0 Å². The highest BCUT2D eigenvalue weighted by atomic mass is 15.0. The van der Waals surface area contributed by atoms with E-state index in [-0.39, 0.29) is 0 Å². The summed E-state index contributed by atoms with van der Waals surface area (Å²) in [6, 6.07) is 78.5. The van der Waals surface area contributed by atoms with Gasteiger partial charge in [-0.1, -0.05) is 158 Å². The fourth-order valence-electron chi connectivity index (χ4n) is 9.83. The first-order valence-corrected chi connectivity index (χ1v) is 21.2. The van der Waals surface area contributed by atoms with Crippen LogP contribution < -0.4 is 0 Å². The molecule has 0 saturated heterocycles. The molecule has 0 aliphatic rings. The van der Waals surface area contributed by atoms with E-state index >= 15 is 0 Å². The first-order chi connectivity index (χ1) is 30.7. The predicted molar refractivity (Wildman–Crippen MR) is 260 cm³/mol. The Balaban J connectivity index is 1.08. The first-order valence-electron chi connectivity index (χ1n) is 21.2. The van der Waals surface area contributed by atoms with Gasteiger partial charge in [0, 0.05) is 43.7 Å². The molecule has 0 N–H and O–H groups in total. The van der Waals surface area contributed by atoms with E-state index in [0.29, 0.717) is 0 Å². The molecule has 13 rings (SSSR count). The molecule has 0 fully saturated rings. The van der Waals surface area contributed by atoms with E-state index in [1.54, 1.807) is 0 Å². The summed E-state index contributed by atoms with van der Waals surface area (Å²) in [6.07, 6.45) is 0. The molecule has 3 aromatic heterocycles. The van der Waals surface area contributed by atoms with Crippen LogP contribution in [-0.4, -0.2) is 19.1 Å². The van der Waals surface area contributed by atoms with E-state index in [2.05, 4.69) is 215 Å². The van der Waals surface area contributed by atoms with Crippen molar-refractivity contribution in [1.29, 1.82) is 0 Å². The Hall–Kier alpha value is -8.34. The summed E-state index contributed by atoms with van der Waals surface area (Å²) < 4.78 is 4.93. The summed E-state index contributed by atoms with van der Waals surface area (Å²) in [5.74, 6) is 0. The number of hydrogen-bond donors (Lipinski definition) is 0. The highest BCUT2D eigenvalue weighted by molar-refractivity contribution is 6.25. The smallest absolute Gasteiger partial charge is 0.0973 e. The van der Waals surface area contributed by atoms with Gasteiger partial charge in [0.2, 0.25) is 0 Å². The van der Waals surface area contributed by atoms with E-state index in [0.717, 1.165) is 61.6 Å². The minimum absolute atomic E-state index is 0.858. The summed E-state index contributed by atoms with van der Waals surface area (Å²) in [6.45, 7) is 0.